The van der Waals surface area contributed by atoms with Crippen molar-refractivity contribution >= 4 is 28.9 Å². The fourth-order valence-electron chi connectivity index (χ4n) is 5.33. The van der Waals surface area contributed by atoms with E-state index < -0.39 is 11.7 Å². The molecule has 0 aliphatic carbocycles. The highest BCUT2D eigenvalue weighted by atomic mass is 19.3. The van der Waals surface area contributed by atoms with Gasteiger partial charge in [0.15, 0.2) is 11.5 Å². The lowest BCUT2D eigenvalue weighted by atomic mass is 10.0. The van der Waals surface area contributed by atoms with Crippen LogP contribution in [0.25, 0.3) is 51.5 Å². The smallest absolute Gasteiger partial charge is 0.261 e. The Balaban J connectivity index is 1.39. The minimum absolute atomic E-state index is 0.142. The van der Waals surface area contributed by atoms with Gasteiger partial charge >= 0.3 is 0 Å². The van der Waals surface area contributed by atoms with Crippen LogP contribution in [0.4, 0.5) is 13.2 Å². The molecule has 43 heavy (non-hydrogen) atoms. The quantitative estimate of drug-likeness (QED) is 0.264. The van der Waals surface area contributed by atoms with Crippen LogP contribution in [0.15, 0.2) is 55.1 Å². The van der Waals surface area contributed by atoms with E-state index in [9.17, 15) is 13.2 Å². The summed E-state index contributed by atoms with van der Waals surface area (Å²) in [6.07, 6.45) is 10.0. The maximum atomic E-state index is 14.3. The fraction of sp³-hybridized carbons (Fsp3) is 0.226. The maximum absolute atomic E-state index is 14.3. The third-order valence-electron chi connectivity index (χ3n) is 7.42. The Morgan fingerprint density at radius 3 is 2.81 bits per heavy atom. The summed E-state index contributed by atoms with van der Waals surface area (Å²) in [6.45, 7) is 2.31. The monoisotopic (exact) mass is 586 g/mol. The largest absolute Gasteiger partial charge is 0.497 e. The number of methoxy groups -OCH3 is 1. The predicted molar refractivity (Wildman–Crippen MR) is 159 cm³/mol. The van der Waals surface area contributed by atoms with Crippen molar-refractivity contribution in [3.8, 4) is 28.4 Å². The van der Waals surface area contributed by atoms with Crippen LogP contribution in [0, 0.1) is 5.82 Å². The third-order valence-corrected chi connectivity index (χ3v) is 7.42. The van der Waals surface area contributed by atoms with E-state index in [1.807, 2.05) is 25.1 Å². The second-order valence-electron chi connectivity index (χ2n) is 10.4. The number of nitrogens with two attached hydrogens (primary N) is 1. The molecule has 1 aromatic carbocycles. The van der Waals surface area contributed by atoms with Crippen LogP contribution < -0.4 is 21.0 Å². The first-order chi connectivity index (χ1) is 20.8. The summed E-state index contributed by atoms with van der Waals surface area (Å²) in [4.78, 5) is 18.5. The van der Waals surface area contributed by atoms with Gasteiger partial charge in [0.05, 0.1) is 24.5 Å². The van der Waals surface area contributed by atoms with Gasteiger partial charge in [0, 0.05) is 66.7 Å². The average molecular weight is 587 g/mol. The van der Waals surface area contributed by atoms with E-state index in [0.717, 1.165) is 21.7 Å². The molecule has 1 aliphatic rings. The SMILES string of the molecule is C\C=c1/[nH]nc(-c2nc3nccc(-c4cc(F)cc(OC)c4)c3[nH]2)/c1=C/C(=C\N)c1cncc(CN2CCC(F)(F)C2)c1. The summed E-state index contributed by atoms with van der Waals surface area (Å²) >= 11 is 0. The zero-order valence-electron chi connectivity index (χ0n) is 23.5. The number of aromatic amines is 2. The van der Waals surface area contributed by atoms with E-state index in [1.54, 1.807) is 35.6 Å². The van der Waals surface area contributed by atoms with Gasteiger partial charge in [-0.1, -0.05) is 6.08 Å². The van der Waals surface area contributed by atoms with Gasteiger partial charge in [-0.15, -0.1) is 0 Å². The van der Waals surface area contributed by atoms with Gasteiger partial charge in [-0.25, -0.2) is 23.1 Å². The van der Waals surface area contributed by atoms with E-state index in [4.69, 9.17) is 15.5 Å². The summed E-state index contributed by atoms with van der Waals surface area (Å²) < 4.78 is 47.0. The molecule has 6 rings (SSSR count). The zero-order chi connectivity index (χ0) is 30.1. The Hall–Kier alpha value is -4.97. The number of pyridine rings is 2. The molecule has 1 saturated heterocycles. The highest BCUT2D eigenvalue weighted by molar-refractivity contribution is 5.92. The lowest BCUT2D eigenvalue weighted by Crippen LogP contribution is -2.25. The molecule has 1 aliphatic heterocycles. The minimum atomic E-state index is -2.66. The van der Waals surface area contributed by atoms with E-state index in [1.165, 1.54) is 25.4 Å². The van der Waals surface area contributed by atoms with Crippen molar-refractivity contribution in [2.45, 2.75) is 25.8 Å². The lowest BCUT2D eigenvalue weighted by molar-refractivity contribution is 0.0115. The van der Waals surface area contributed by atoms with Gasteiger partial charge in [-0.05, 0) is 54.0 Å². The number of alkyl halides is 2. The number of hydrogen-bond acceptors (Lipinski definition) is 7. The highest BCUT2D eigenvalue weighted by Crippen LogP contribution is 2.31. The number of halogens is 3. The van der Waals surface area contributed by atoms with Gasteiger partial charge in [0.25, 0.3) is 5.92 Å². The van der Waals surface area contributed by atoms with Gasteiger partial charge in [-0.3, -0.25) is 15.0 Å². The summed E-state index contributed by atoms with van der Waals surface area (Å²) in [6, 6.07) is 8.16. The van der Waals surface area contributed by atoms with Crippen molar-refractivity contribution in [2.24, 2.45) is 5.73 Å². The van der Waals surface area contributed by atoms with Crippen LogP contribution >= 0.6 is 0 Å². The number of nitrogens with one attached hydrogen (secondary N) is 2. The summed E-state index contributed by atoms with van der Waals surface area (Å²) in [5, 5.41) is 9.02. The Labute approximate surface area is 244 Å². The highest BCUT2D eigenvalue weighted by Gasteiger charge is 2.37. The molecule has 0 spiro atoms. The number of fused-ring (bicyclic) bond motifs is 1. The second kappa shape index (κ2) is 11.4. The molecule has 0 amide bonds. The number of nitrogens with zero attached hydrogens (tertiary/aromatic N) is 5. The Morgan fingerprint density at radius 1 is 1.21 bits per heavy atom. The molecule has 4 aromatic heterocycles. The Kier molecular flexibility index (Phi) is 7.45. The molecule has 9 nitrogen and oxygen atoms in total. The third kappa shape index (κ3) is 5.73. The first-order valence-electron chi connectivity index (χ1n) is 13.7. The average Bonchev–Trinajstić information content (AvgIpc) is 3.71. The topological polar surface area (TPSA) is 122 Å². The van der Waals surface area contributed by atoms with Gasteiger partial charge in [0.2, 0.25) is 0 Å². The van der Waals surface area contributed by atoms with Gasteiger partial charge in [0.1, 0.15) is 17.3 Å². The van der Waals surface area contributed by atoms with E-state index in [-0.39, 0.29) is 13.0 Å². The van der Waals surface area contributed by atoms with Crippen LogP contribution in [0.5, 0.6) is 5.75 Å². The number of ether oxygens (including phenoxy) is 1. The first-order valence-corrected chi connectivity index (χ1v) is 13.7. The lowest BCUT2D eigenvalue weighted by Gasteiger charge is -2.15. The van der Waals surface area contributed by atoms with E-state index >= 15 is 0 Å². The van der Waals surface area contributed by atoms with Crippen molar-refractivity contribution in [2.75, 3.05) is 20.2 Å². The number of aromatic nitrogens is 6. The number of benzene rings is 1. The van der Waals surface area contributed by atoms with Gasteiger partial charge < -0.3 is 15.5 Å². The van der Waals surface area contributed by atoms with Crippen molar-refractivity contribution in [1.29, 1.82) is 0 Å². The second-order valence-corrected chi connectivity index (χ2v) is 10.4. The number of rotatable bonds is 7. The van der Waals surface area contributed by atoms with Crippen molar-refractivity contribution in [1.82, 2.24) is 35.0 Å². The molecular weight excluding hydrogens is 557 g/mol. The predicted octanol–water partition coefficient (Wildman–Crippen LogP) is 3.98. The van der Waals surface area contributed by atoms with Crippen LogP contribution in [0.3, 0.4) is 0 Å². The molecule has 4 N–H and O–H groups in total. The van der Waals surface area contributed by atoms with Crippen LogP contribution in [0.2, 0.25) is 0 Å². The van der Waals surface area contributed by atoms with Crippen LogP contribution in [-0.4, -0.2) is 61.2 Å². The number of allylic oxidation sites excluding steroid dienone is 1. The Morgan fingerprint density at radius 2 is 2.07 bits per heavy atom. The summed E-state index contributed by atoms with van der Waals surface area (Å²) in [7, 11) is 1.48. The standard InChI is InChI=1S/C31H29F3N8O/c1-3-26-25(11-20(13-35)21-8-18(14-36-15-21)16-42-7-5-31(33,34)17-42)28(41-40-26)30-38-27-24(4-6-37-29(27)39-30)19-9-22(32)12-23(10-19)43-2/h3-4,6,8-15,40H,5,7,16-17,35H2,1-2H3,(H,37,38,39)/b20-13+,25-11+,26-3-. The van der Waals surface area contributed by atoms with Crippen molar-refractivity contribution in [3.05, 3.63) is 82.6 Å². The minimum Gasteiger partial charge on any atom is -0.497 e. The summed E-state index contributed by atoms with van der Waals surface area (Å²) in [5.41, 5.74) is 11.2. The molecule has 5 heterocycles. The zero-order valence-corrected chi connectivity index (χ0v) is 23.5. The van der Waals surface area contributed by atoms with E-state index in [2.05, 4.69) is 25.1 Å². The molecular formula is C31H29F3N8O. The van der Waals surface area contributed by atoms with Crippen molar-refractivity contribution < 1.29 is 17.9 Å². The fourth-order valence-corrected chi connectivity index (χ4v) is 5.33. The molecule has 1 fully saturated rings. The molecule has 0 bridgehead atoms. The molecule has 5 aromatic rings. The number of H-pyrrole nitrogens is 2. The number of hydrogen-bond donors (Lipinski definition) is 3. The van der Waals surface area contributed by atoms with Crippen LogP contribution in [-0.2, 0) is 6.54 Å². The van der Waals surface area contributed by atoms with Gasteiger partial charge in [-0.2, -0.15) is 5.10 Å². The molecule has 0 radical (unpaired) electrons. The molecule has 0 atom stereocenters. The Bertz CT molecular complexity index is 1960. The van der Waals surface area contributed by atoms with E-state index in [0.29, 0.717) is 58.2 Å². The molecule has 0 unspecified atom stereocenters. The van der Waals surface area contributed by atoms with Crippen molar-refractivity contribution in [3.63, 3.8) is 0 Å². The van der Waals surface area contributed by atoms with Crippen LogP contribution in [0.1, 0.15) is 24.5 Å². The maximum Gasteiger partial charge on any atom is 0.261 e. The molecule has 0 saturated carbocycles. The molecule has 220 valence electrons. The number of imidazole rings is 1. The first kappa shape index (κ1) is 28.2. The normalized spacial score (nSPS) is 16.4. The summed E-state index contributed by atoms with van der Waals surface area (Å²) in [5.74, 6) is -2.25. The molecule has 12 heteroatoms. The number of likely N-dealkylation sites (tertiary alicyclic amines) is 1.